The number of rotatable bonds is 7. The van der Waals surface area contributed by atoms with Crippen LogP contribution in [-0.2, 0) is 0 Å². The highest BCUT2D eigenvalue weighted by Crippen LogP contribution is 2.43. The van der Waals surface area contributed by atoms with Gasteiger partial charge in [-0.3, -0.25) is 4.79 Å². The van der Waals surface area contributed by atoms with Crippen LogP contribution < -0.4 is 18.9 Å². The Kier molecular flexibility index (Phi) is 6.42. The number of nitrogens with zero attached hydrogens (tertiary/aromatic N) is 1. The lowest BCUT2D eigenvalue weighted by molar-refractivity contribution is 0.103. The van der Waals surface area contributed by atoms with Crippen LogP contribution >= 0.6 is 15.9 Å². The highest BCUT2D eigenvalue weighted by atomic mass is 79.9. The second-order valence-corrected chi connectivity index (χ2v) is 6.10. The van der Waals surface area contributed by atoms with Crippen molar-refractivity contribution < 1.29 is 28.1 Å². The summed E-state index contributed by atoms with van der Waals surface area (Å²) < 4.78 is 34.8. The minimum Gasteiger partial charge on any atom is -0.493 e. The average molecular weight is 428 g/mol. The highest BCUT2D eigenvalue weighted by molar-refractivity contribution is 9.09. The van der Waals surface area contributed by atoms with Gasteiger partial charge >= 0.3 is 0 Å². The number of carbonyl (C=O) groups is 1. The zero-order chi connectivity index (χ0) is 19.4. The lowest BCUT2D eigenvalue weighted by Crippen LogP contribution is -2.11. The van der Waals surface area contributed by atoms with Crippen LogP contribution in [0, 0.1) is 6.92 Å². The van der Waals surface area contributed by atoms with Crippen LogP contribution in [0.2, 0.25) is 0 Å². The first-order valence-corrected chi connectivity index (χ1v) is 8.47. The molecule has 1 aromatic carbocycles. The number of carbonyl (C=O) groups excluding carboxylic acids is 1. The molecule has 6 nitrogen and oxygen atoms in total. The highest BCUT2D eigenvalue weighted by Gasteiger charge is 2.27. The third-order valence-corrected chi connectivity index (χ3v) is 4.35. The standard InChI is InChI=1S/C18H19BrFNO5/c1-9-6-12(23-2)15(24-3)16(25-4)13(9)14(22)11-7-10(17(19)20)8-21-18(11)26-5/h6-8,17H,1-5H3. The maximum absolute atomic E-state index is 13.6. The van der Waals surface area contributed by atoms with Gasteiger partial charge in [0.1, 0.15) is 0 Å². The van der Waals surface area contributed by atoms with E-state index in [1.165, 1.54) is 40.7 Å². The summed E-state index contributed by atoms with van der Waals surface area (Å²) in [7, 11) is 5.76. The third kappa shape index (κ3) is 3.60. The third-order valence-electron chi connectivity index (χ3n) is 3.82. The molecule has 2 aromatic rings. The molecule has 1 atom stereocenters. The minimum absolute atomic E-state index is 0.0862. The number of ketones is 1. The number of pyridine rings is 1. The van der Waals surface area contributed by atoms with Gasteiger partial charge < -0.3 is 18.9 Å². The van der Waals surface area contributed by atoms with Crippen molar-refractivity contribution in [2.45, 2.75) is 12.0 Å². The summed E-state index contributed by atoms with van der Waals surface area (Å²) in [6, 6.07) is 3.06. The van der Waals surface area contributed by atoms with Gasteiger partial charge in [0.2, 0.25) is 17.4 Å². The number of ether oxygens (including phenoxy) is 4. The molecule has 8 heteroatoms. The first-order valence-electron chi connectivity index (χ1n) is 7.55. The maximum atomic E-state index is 13.6. The average Bonchev–Trinajstić information content (AvgIpc) is 2.65. The van der Waals surface area contributed by atoms with Crippen molar-refractivity contribution in [2.24, 2.45) is 0 Å². The van der Waals surface area contributed by atoms with Crippen molar-refractivity contribution >= 4 is 21.7 Å². The van der Waals surface area contributed by atoms with Crippen molar-refractivity contribution in [3.8, 4) is 23.1 Å². The van der Waals surface area contributed by atoms with Gasteiger partial charge in [0.15, 0.2) is 16.6 Å². The fourth-order valence-electron chi connectivity index (χ4n) is 2.61. The van der Waals surface area contributed by atoms with Gasteiger partial charge in [-0.25, -0.2) is 9.37 Å². The number of aromatic nitrogens is 1. The summed E-state index contributed by atoms with van der Waals surface area (Å²) in [6.45, 7) is 1.74. The van der Waals surface area contributed by atoms with Crippen LogP contribution in [0.15, 0.2) is 18.3 Å². The fraction of sp³-hybridized carbons (Fsp3) is 0.333. The molecule has 26 heavy (non-hydrogen) atoms. The molecule has 0 fully saturated rings. The molecule has 1 heterocycles. The molecular weight excluding hydrogens is 409 g/mol. The van der Waals surface area contributed by atoms with E-state index in [4.69, 9.17) is 18.9 Å². The number of halogens is 2. The smallest absolute Gasteiger partial charge is 0.224 e. The summed E-state index contributed by atoms with van der Waals surface area (Å²) in [5, 5.41) is -1.46. The second-order valence-electron chi connectivity index (χ2n) is 5.29. The normalized spacial score (nSPS) is 11.7. The number of alkyl halides is 2. The molecule has 1 unspecified atom stereocenters. The zero-order valence-corrected chi connectivity index (χ0v) is 16.6. The molecule has 0 saturated heterocycles. The maximum Gasteiger partial charge on any atom is 0.224 e. The molecule has 2 rings (SSSR count). The molecule has 140 valence electrons. The van der Waals surface area contributed by atoms with E-state index in [-0.39, 0.29) is 34.1 Å². The molecule has 0 N–H and O–H groups in total. The number of hydrogen-bond acceptors (Lipinski definition) is 6. The molecule has 0 amide bonds. The van der Waals surface area contributed by atoms with Gasteiger partial charge in [0, 0.05) is 11.8 Å². The summed E-state index contributed by atoms with van der Waals surface area (Å²) >= 11 is 2.83. The van der Waals surface area contributed by atoms with Crippen LogP contribution in [0.1, 0.15) is 32.1 Å². The topological polar surface area (TPSA) is 66.9 Å². The van der Waals surface area contributed by atoms with Crippen LogP contribution in [0.25, 0.3) is 0 Å². The van der Waals surface area contributed by atoms with E-state index < -0.39 is 10.9 Å². The van der Waals surface area contributed by atoms with Crippen LogP contribution in [0.5, 0.6) is 23.1 Å². The van der Waals surface area contributed by atoms with Gasteiger partial charge in [0.25, 0.3) is 0 Å². The molecule has 0 saturated carbocycles. The zero-order valence-electron chi connectivity index (χ0n) is 15.1. The Morgan fingerprint density at radius 2 is 1.73 bits per heavy atom. The second kappa shape index (κ2) is 8.35. The summed E-state index contributed by atoms with van der Waals surface area (Å²) in [6.07, 6.45) is 1.30. The van der Waals surface area contributed by atoms with Gasteiger partial charge in [-0.2, -0.15) is 0 Å². The lowest BCUT2D eigenvalue weighted by Gasteiger charge is -2.18. The molecule has 1 aromatic heterocycles. The Labute approximate surface area is 159 Å². The van der Waals surface area contributed by atoms with Crippen LogP contribution in [0.3, 0.4) is 0 Å². The van der Waals surface area contributed by atoms with Gasteiger partial charge in [-0.1, -0.05) is 0 Å². The number of aryl methyl sites for hydroxylation is 1. The lowest BCUT2D eigenvalue weighted by atomic mass is 9.97. The quantitative estimate of drug-likeness (QED) is 0.491. The van der Waals surface area contributed by atoms with Crippen LogP contribution in [-0.4, -0.2) is 39.2 Å². The first-order chi connectivity index (χ1) is 12.4. The molecule has 0 aliphatic heterocycles. The number of hydrogen-bond donors (Lipinski definition) is 0. The molecule has 0 radical (unpaired) electrons. The Morgan fingerprint density at radius 1 is 1.08 bits per heavy atom. The van der Waals surface area contributed by atoms with Gasteiger partial charge in [-0.05, 0) is 40.5 Å². The van der Waals surface area contributed by atoms with E-state index in [0.29, 0.717) is 11.3 Å². The molecule has 0 spiro atoms. The fourth-order valence-corrected chi connectivity index (χ4v) is 2.86. The Morgan fingerprint density at radius 3 is 2.23 bits per heavy atom. The van der Waals surface area contributed by atoms with E-state index in [0.717, 1.165) is 0 Å². The van der Waals surface area contributed by atoms with E-state index in [1.807, 2.05) is 0 Å². The van der Waals surface area contributed by atoms with E-state index >= 15 is 0 Å². The van der Waals surface area contributed by atoms with Gasteiger partial charge in [0.05, 0.1) is 39.6 Å². The predicted octanol–water partition coefficient (Wildman–Crippen LogP) is 4.02. The minimum atomic E-state index is -1.46. The Balaban J connectivity index is 2.73. The predicted molar refractivity (Wildman–Crippen MR) is 97.8 cm³/mol. The van der Waals surface area contributed by atoms with Crippen molar-refractivity contribution in [3.05, 3.63) is 40.6 Å². The molecule has 0 aliphatic rings. The van der Waals surface area contributed by atoms with Crippen LogP contribution in [0.4, 0.5) is 4.39 Å². The first kappa shape index (κ1) is 20.0. The Bertz CT molecular complexity index is 826. The number of benzene rings is 1. The molecular formula is C18H19BrFNO5. The summed E-state index contributed by atoms with van der Waals surface area (Å²) in [5.74, 6) is 0.595. The largest absolute Gasteiger partial charge is 0.493 e. The van der Waals surface area contributed by atoms with Crippen molar-refractivity contribution in [3.63, 3.8) is 0 Å². The Hall–Kier alpha value is -2.35. The van der Waals surface area contributed by atoms with E-state index in [9.17, 15) is 9.18 Å². The van der Waals surface area contributed by atoms with Crippen molar-refractivity contribution in [1.82, 2.24) is 4.98 Å². The van der Waals surface area contributed by atoms with Crippen molar-refractivity contribution in [1.29, 1.82) is 0 Å². The summed E-state index contributed by atoms with van der Waals surface area (Å²) in [5.41, 5.74) is 1.17. The van der Waals surface area contributed by atoms with E-state index in [1.54, 1.807) is 13.0 Å². The monoisotopic (exact) mass is 427 g/mol. The van der Waals surface area contributed by atoms with E-state index in [2.05, 4.69) is 20.9 Å². The summed E-state index contributed by atoms with van der Waals surface area (Å²) in [4.78, 5) is 17.3. The van der Waals surface area contributed by atoms with Gasteiger partial charge in [-0.15, -0.1) is 0 Å². The molecule has 0 aliphatic carbocycles. The SMILES string of the molecule is COc1cc(C)c(C(=O)c2cc(C(F)Br)cnc2OC)c(OC)c1OC. The number of methoxy groups -OCH3 is 4. The van der Waals surface area contributed by atoms with Crippen molar-refractivity contribution in [2.75, 3.05) is 28.4 Å². The molecule has 0 bridgehead atoms.